The summed E-state index contributed by atoms with van der Waals surface area (Å²) in [7, 11) is 0. The van der Waals surface area contributed by atoms with Crippen molar-refractivity contribution in [1.82, 2.24) is 0 Å². The molecule has 1 aromatic rings. The van der Waals surface area contributed by atoms with Crippen LogP contribution in [-0.2, 0) is 0 Å². The maximum atomic E-state index is 9.41. The van der Waals surface area contributed by atoms with Crippen LogP contribution in [0, 0.1) is 5.41 Å². The molecule has 1 rings (SSSR count). The molecule has 0 bridgehead atoms. The summed E-state index contributed by atoms with van der Waals surface area (Å²) in [6, 6.07) is 4.94. The molecule has 0 aliphatic rings. The van der Waals surface area contributed by atoms with Crippen molar-refractivity contribution < 1.29 is 10.2 Å². The van der Waals surface area contributed by atoms with Crippen molar-refractivity contribution in [1.29, 1.82) is 0 Å². The maximum Gasteiger partial charge on any atom is 0.157 e. The minimum Gasteiger partial charge on any atom is -0.504 e. The minimum atomic E-state index is -0.0811. The van der Waals surface area contributed by atoms with Gasteiger partial charge in [0, 0.05) is 0 Å². The largest absolute Gasteiger partial charge is 0.504 e. The Labute approximate surface area is 90.9 Å². The number of rotatable bonds is 3. The first kappa shape index (κ1) is 11.6. The van der Waals surface area contributed by atoms with E-state index in [4.69, 9.17) is 0 Å². The summed E-state index contributed by atoms with van der Waals surface area (Å²) in [4.78, 5) is 0. The predicted octanol–water partition coefficient (Wildman–Crippen LogP) is 3.41. The Morgan fingerprint density at radius 3 is 2.33 bits per heavy atom. The Hall–Kier alpha value is -1.44. The van der Waals surface area contributed by atoms with Crippen molar-refractivity contribution in [2.24, 2.45) is 5.41 Å². The van der Waals surface area contributed by atoms with E-state index in [1.807, 2.05) is 12.1 Å². The normalized spacial score (nSPS) is 13.5. The van der Waals surface area contributed by atoms with Gasteiger partial charge in [-0.1, -0.05) is 32.9 Å². The van der Waals surface area contributed by atoms with Gasteiger partial charge >= 0.3 is 0 Å². The van der Waals surface area contributed by atoms with E-state index in [2.05, 4.69) is 27.4 Å². The lowest BCUT2D eigenvalue weighted by atomic mass is 9.76. The summed E-state index contributed by atoms with van der Waals surface area (Å²) in [6.07, 6.45) is 1.90. The molecule has 0 aliphatic carbocycles. The van der Waals surface area contributed by atoms with Crippen molar-refractivity contribution in [2.75, 3.05) is 0 Å². The summed E-state index contributed by atoms with van der Waals surface area (Å²) >= 11 is 0. The predicted molar refractivity (Wildman–Crippen MR) is 62.2 cm³/mol. The van der Waals surface area contributed by atoms with E-state index < -0.39 is 0 Å². The van der Waals surface area contributed by atoms with E-state index in [9.17, 15) is 10.2 Å². The molecule has 0 heterocycles. The molecule has 1 aromatic carbocycles. The van der Waals surface area contributed by atoms with E-state index in [1.165, 1.54) is 6.07 Å². The highest BCUT2D eigenvalue weighted by atomic mass is 16.3. The molecule has 0 aliphatic heterocycles. The molecule has 0 aromatic heterocycles. The molecule has 1 unspecified atom stereocenters. The topological polar surface area (TPSA) is 40.5 Å². The van der Waals surface area contributed by atoms with Gasteiger partial charge in [-0.25, -0.2) is 0 Å². The second kappa shape index (κ2) is 3.97. The third-order valence-electron chi connectivity index (χ3n) is 3.14. The molecule has 0 saturated carbocycles. The van der Waals surface area contributed by atoms with Crippen LogP contribution in [0.5, 0.6) is 11.5 Å². The Bertz CT molecular complexity index is 367. The molecule has 82 valence electrons. The minimum absolute atomic E-state index is 0.0383. The van der Waals surface area contributed by atoms with Gasteiger partial charge in [0.1, 0.15) is 0 Å². The number of phenols is 2. The summed E-state index contributed by atoms with van der Waals surface area (Å²) in [6.45, 7) is 10.1. The van der Waals surface area contributed by atoms with Crippen LogP contribution < -0.4 is 0 Å². The molecule has 2 nitrogen and oxygen atoms in total. The van der Waals surface area contributed by atoms with Crippen LogP contribution in [-0.4, -0.2) is 10.2 Å². The maximum absolute atomic E-state index is 9.41. The fraction of sp³-hybridized carbons (Fsp3) is 0.385. The molecule has 2 N–H and O–H groups in total. The van der Waals surface area contributed by atoms with Gasteiger partial charge in [-0.05, 0) is 29.0 Å². The Morgan fingerprint density at radius 2 is 1.87 bits per heavy atom. The molecule has 0 spiro atoms. The first-order chi connectivity index (χ1) is 6.88. The summed E-state index contributed by atoms with van der Waals surface area (Å²) in [5, 5.41) is 18.6. The molecule has 0 amide bonds. The molecule has 0 saturated heterocycles. The number of hydrogen-bond donors (Lipinski definition) is 2. The zero-order valence-corrected chi connectivity index (χ0v) is 9.49. The Morgan fingerprint density at radius 1 is 1.27 bits per heavy atom. The molecular formula is C13H18O2. The van der Waals surface area contributed by atoms with Crippen LogP contribution in [0.2, 0.25) is 0 Å². The van der Waals surface area contributed by atoms with Crippen molar-refractivity contribution in [3.63, 3.8) is 0 Å². The van der Waals surface area contributed by atoms with Crippen molar-refractivity contribution in [3.05, 3.63) is 36.4 Å². The first-order valence-corrected chi connectivity index (χ1v) is 5.04. The molecular weight excluding hydrogens is 188 g/mol. The van der Waals surface area contributed by atoms with Gasteiger partial charge in [-0.2, -0.15) is 0 Å². The number of benzene rings is 1. The fourth-order valence-electron chi connectivity index (χ4n) is 1.42. The lowest BCUT2D eigenvalue weighted by Gasteiger charge is -2.28. The van der Waals surface area contributed by atoms with Crippen LogP contribution in [0.25, 0.3) is 0 Å². The van der Waals surface area contributed by atoms with Crippen molar-refractivity contribution in [2.45, 2.75) is 26.7 Å². The average molecular weight is 206 g/mol. The van der Waals surface area contributed by atoms with E-state index in [0.29, 0.717) is 0 Å². The number of aromatic hydroxyl groups is 2. The monoisotopic (exact) mass is 206 g/mol. The average Bonchev–Trinajstić information content (AvgIpc) is 2.21. The second-order valence-corrected chi connectivity index (χ2v) is 4.50. The SMILES string of the molecule is C=CC(C)(C)C(C)c1ccc(O)c(O)c1. The fourth-order valence-corrected chi connectivity index (χ4v) is 1.42. The van der Waals surface area contributed by atoms with Gasteiger partial charge < -0.3 is 10.2 Å². The highest BCUT2D eigenvalue weighted by Gasteiger charge is 2.24. The lowest BCUT2D eigenvalue weighted by molar-refractivity contribution is 0.385. The van der Waals surface area contributed by atoms with Gasteiger partial charge in [0.05, 0.1) is 0 Å². The zero-order valence-electron chi connectivity index (χ0n) is 9.49. The van der Waals surface area contributed by atoms with Gasteiger partial charge in [-0.15, -0.1) is 6.58 Å². The molecule has 0 fully saturated rings. The molecule has 1 atom stereocenters. The standard InChI is InChI=1S/C13H18O2/c1-5-13(3,4)9(2)10-6-7-11(14)12(15)8-10/h5-9,14-15H,1H2,2-4H3. The highest BCUT2D eigenvalue weighted by Crippen LogP contribution is 2.38. The van der Waals surface area contributed by atoms with Crippen molar-refractivity contribution >= 4 is 0 Å². The van der Waals surface area contributed by atoms with Gasteiger partial charge in [0.2, 0.25) is 0 Å². The zero-order chi connectivity index (χ0) is 11.6. The first-order valence-electron chi connectivity index (χ1n) is 5.04. The number of phenolic OH excluding ortho intramolecular Hbond substituents is 2. The van der Waals surface area contributed by atoms with Crippen LogP contribution >= 0.6 is 0 Å². The van der Waals surface area contributed by atoms with E-state index in [1.54, 1.807) is 6.07 Å². The highest BCUT2D eigenvalue weighted by molar-refractivity contribution is 5.42. The Kier molecular flexibility index (Phi) is 3.08. The van der Waals surface area contributed by atoms with Gasteiger partial charge in [-0.3, -0.25) is 0 Å². The van der Waals surface area contributed by atoms with Gasteiger partial charge in [0.15, 0.2) is 11.5 Å². The molecule has 0 radical (unpaired) electrons. The van der Waals surface area contributed by atoms with Gasteiger partial charge in [0.25, 0.3) is 0 Å². The van der Waals surface area contributed by atoms with Crippen LogP contribution in [0.4, 0.5) is 0 Å². The summed E-state index contributed by atoms with van der Waals surface area (Å²) < 4.78 is 0. The van der Waals surface area contributed by atoms with Crippen LogP contribution in [0.15, 0.2) is 30.9 Å². The third kappa shape index (κ3) is 2.32. The quantitative estimate of drug-likeness (QED) is 0.587. The Balaban J connectivity index is 3.07. The number of allylic oxidation sites excluding steroid dienone is 1. The third-order valence-corrected chi connectivity index (χ3v) is 3.14. The second-order valence-electron chi connectivity index (χ2n) is 4.50. The van der Waals surface area contributed by atoms with Crippen LogP contribution in [0.1, 0.15) is 32.3 Å². The van der Waals surface area contributed by atoms with E-state index >= 15 is 0 Å². The smallest absolute Gasteiger partial charge is 0.157 e. The molecule has 15 heavy (non-hydrogen) atoms. The molecule has 2 heteroatoms. The van der Waals surface area contributed by atoms with E-state index in [-0.39, 0.29) is 22.8 Å². The lowest BCUT2D eigenvalue weighted by Crippen LogP contribution is -2.16. The summed E-state index contributed by atoms with van der Waals surface area (Å²) in [5.41, 5.74) is 0.957. The van der Waals surface area contributed by atoms with Crippen LogP contribution in [0.3, 0.4) is 0 Å². The summed E-state index contributed by atoms with van der Waals surface area (Å²) in [5.74, 6) is 0.0862. The van der Waals surface area contributed by atoms with E-state index in [0.717, 1.165) is 5.56 Å². The number of hydrogen-bond acceptors (Lipinski definition) is 2. The van der Waals surface area contributed by atoms with Crippen molar-refractivity contribution in [3.8, 4) is 11.5 Å².